The van der Waals surface area contributed by atoms with Crippen molar-refractivity contribution in [2.45, 2.75) is 11.8 Å². The minimum absolute atomic E-state index is 0.0544. The number of nitrogens with zero attached hydrogens (tertiary/aromatic N) is 2. The molecule has 1 N–H and O–H groups in total. The van der Waals surface area contributed by atoms with Crippen molar-refractivity contribution in [3.8, 4) is 17.2 Å². The molecule has 6 heteroatoms. The summed E-state index contributed by atoms with van der Waals surface area (Å²) in [5.41, 5.74) is 3.80. The summed E-state index contributed by atoms with van der Waals surface area (Å²) in [5, 5.41) is 8.91. The van der Waals surface area contributed by atoms with Crippen LogP contribution < -0.4 is 4.72 Å². The molecule has 25 heavy (non-hydrogen) atoms. The Labute approximate surface area is 146 Å². The first-order chi connectivity index (χ1) is 12.0. The van der Waals surface area contributed by atoms with Crippen LogP contribution in [0.5, 0.6) is 0 Å². The van der Waals surface area contributed by atoms with Gasteiger partial charge in [-0.05, 0) is 54.4 Å². The van der Waals surface area contributed by atoms with E-state index in [4.69, 9.17) is 5.26 Å². The second kappa shape index (κ2) is 6.75. The van der Waals surface area contributed by atoms with Crippen molar-refractivity contribution in [1.29, 1.82) is 5.26 Å². The van der Waals surface area contributed by atoms with E-state index in [-0.39, 0.29) is 4.90 Å². The molecule has 5 nitrogen and oxygen atoms in total. The zero-order chi connectivity index (χ0) is 17.9. The van der Waals surface area contributed by atoms with E-state index in [1.54, 1.807) is 36.7 Å². The van der Waals surface area contributed by atoms with Crippen LogP contribution in [-0.2, 0) is 10.0 Å². The van der Waals surface area contributed by atoms with E-state index in [9.17, 15) is 8.42 Å². The molecule has 0 amide bonds. The number of sulfonamides is 1. The Morgan fingerprint density at radius 1 is 1.08 bits per heavy atom. The molecule has 0 atom stereocenters. The highest BCUT2D eigenvalue weighted by atomic mass is 32.2. The van der Waals surface area contributed by atoms with Crippen LogP contribution in [0.2, 0.25) is 0 Å². The van der Waals surface area contributed by atoms with Crippen LogP contribution in [0.4, 0.5) is 5.69 Å². The number of anilines is 1. The van der Waals surface area contributed by atoms with Crippen molar-refractivity contribution in [3.05, 3.63) is 78.1 Å². The lowest BCUT2D eigenvalue weighted by atomic mass is 10.0. The highest BCUT2D eigenvalue weighted by Gasteiger charge is 2.14. The lowest BCUT2D eigenvalue weighted by Crippen LogP contribution is -2.13. The molecule has 0 radical (unpaired) electrons. The second-order valence-electron chi connectivity index (χ2n) is 5.51. The Bertz CT molecular complexity index is 1050. The van der Waals surface area contributed by atoms with Crippen molar-refractivity contribution in [1.82, 2.24) is 4.98 Å². The highest BCUT2D eigenvalue weighted by Crippen LogP contribution is 2.25. The fourth-order valence-electron chi connectivity index (χ4n) is 2.43. The molecule has 1 aromatic heterocycles. The molecule has 2 aromatic carbocycles. The number of nitrogens with one attached hydrogen (secondary N) is 1. The molecule has 0 saturated heterocycles. The van der Waals surface area contributed by atoms with Crippen LogP contribution in [0, 0.1) is 18.3 Å². The number of pyridine rings is 1. The maximum Gasteiger partial charge on any atom is 0.261 e. The van der Waals surface area contributed by atoms with Crippen LogP contribution in [0.1, 0.15) is 11.1 Å². The smallest absolute Gasteiger partial charge is 0.261 e. The first kappa shape index (κ1) is 16.7. The van der Waals surface area contributed by atoms with Gasteiger partial charge in [0, 0.05) is 23.6 Å². The zero-order valence-electron chi connectivity index (χ0n) is 13.5. The van der Waals surface area contributed by atoms with Crippen molar-refractivity contribution in [2.24, 2.45) is 0 Å². The summed E-state index contributed by atoms with van der Waals surface area (Å²) in [7, 11) is -3.75. The molecule has 0 bridgehead atoms. The van der Waals surface area contributed by atoms with E-state index in [1.165, 1.54) is 12.1 Å². The van der Waals surface area contributed by atoms with Crippen LogP contribution in [0.15, 0.2) is 71.9 Å². The van der Waals surface area contributed by atoms with Gasteiger partial charge < -0.3 is 0 Å². The summed E-state index contributed by atoms with van der Waals surface area (Å²) >= 11 is 0. The molecule has 3 aromatic rings. The number of hydrogen-bond acceptors (Lipinski definition) is 4. The first-order valence-electron chi connectivity index (χ1n) is 7.54. The van der Waals surface area contributed by atoms with Gasteiger partial charge in [0.05, 0.1) is 16.5 Å². The van der Waals surface area contributed by atoms with Gasteiger partial charge in [0.2, 0.25) is 0 Å². The summed E-state index contributed by atoms with van der Waals surface area (Å²) in [5.74, 6) is 0. The van der Waals surface area contributed by atoms with E-state index in [2.05, 4.69) is 9.71 Å². The molecule has 1 heterocycles. The molecule has 0 aliphatic rings. The van der Waals surface area contributed by atoms with Crippen molar-refractivity contribution in [2.75, 3.05) is 4.72 Å². The van der Waals surface area contributed by atoms with Crippen molar-refractivity contribution >= 4 is 15.7 Å². The number of aryl methyl sites for hydroxylation is 1. The van der Waals surface area contributed by atoms with Gasteiger partial charge in [-0.2, -0.15) is 5.26 Å². The molecular weight excluding hydrogens is 334 g/mol. The third-order valence-corrected chi connectivity index (χ3v) is 5.14. The van der Waals surface area contributed by atoms with Gasteiger partial charge in [0.15, 0.2) is 0 Å². The second-order valence-corrected chi connectivity index (χ2v) is 7.20. The largest absolute Gasteiger partial charge is 0.280 e. The number of hydrogen-bond donors (Lipinski definition) is 1. The molecule has 3 rings (SSSR count). The standard InChI is InChI=1S/C19H15N3O2S/c1-14-9-10-21-13-19(14)16-5-7-17(8-6-16)22-25(23,24)18-4-2-3-15(11-18)12-20/h2-11,13,22H,1H3. The summed E-state index contributed by atoms with van der Waals surface area (Å²) in [6.45, 7) is 2.00. The molecule has 0 unspecified atom stereocenters. The molecule has 0 aliphatic carbocycles. The van der Waals surface area contributed by atoms with Gasteiger partial charge in [-0.15, -0.1) is 0 Å². The van der Waals surface area contributed by atoms with Crippen molar-refractivity contribution in [3.63, 3.8) is 0 Å². The quantitative estimate of drug-likeness (QED) is 0.778. The average Bonchev–Trinajstić information content (AvgIpc) is 2.63. The minimum Gasteiger partial charge on any atom is -0.280 e. The summed E-state index contributed by atoms with van der Waals surface area (Å²) in [6, 6.07) is 16.8. The van der Waals surface area contributed by atoms with Gasteiger partial charge >= 0.3 is 0 Å². The Morgan fingerprint density at radius 3 is 2.52 bits per heavy atom. The summed E-state index contributed by atoms with van der Waals surface area (Å²) < 4.78 is 27.4. The number of benzene rings is 2. The number of aromatic nitrogens is 1. The van der Waals surface area contributed by atoms with Gasteiger partial charge in [-0.25, -0.2) is 8.42 Å². The highest BCUT2D eigenvalue weighted by molar-refractivity contribution is 7.92. The predicted octanol–water partition coefficient (Wildman–Crippen LogP) is 3.73. The van der Waals surface area contributed by atoms with Crippen molar-refractivity contribution < 1.29 is 8.42 Å². The maximum atomic E-state index is 12.4. The normalized spacial score (nSPS) is 10.9. The molecule has 124 valence electrons. The summed E-state index contributed by atoms with van der Waals surface area (Å²) in [4.78, 5) is 4.18. The monoisotopic (exact) mass is 349 g/mol. The molecule has 0 aliphatic heterocycles. The summed E-state index contributed by atoms with van der Waals surface area (Å²) in [6.07, 6.45) is 3.51. The van der Waals surface area contributed by atoms with E-state index in [0.29, 0.717) is 11.3 Å². The van der Waals surface area contributed by atoms with Crippen LogP contribution in [-0.4, -0.2) is 13.4 Å². The van der Waals surface area contributed by atoms with E-state index in [0.717, 1.165) is 16.7 Å². The topological polar surface area (TPSA) is 82.8 Å². The SMILES string of the molecule is Cc1ccncc1-c1ccc(NS(=O)(=O)c2cccc(C#N)c2)cc1. The Kier molecular flexibility index (Phi) is 4.50. The van der Waals surface area contributed by atoms with Gasteiger partial charge in [0.25, 0.3) is 10.0 Å². The fraction of sp³-hybridized carbons (Fsp3) is 0.0526. The Balaban J connectivity index is 1.86. The number of rotatable bonds is 4. The molecule has 0 fully saturated rings. The van der Waals surface area contributed by atoms with Gasteiger partial charge in [-0.1, -0.05) is 18.2 Å². The number of nitriles is 1. The van der Waals surface area contributed by atoms with Crippen LogP contribution in [0.25, 0.3) is 11.1 Å². The van der Waals surface area contributed by atoms with E-state index < -0.39 is 10.0 Å². The van der Waals surface area contributed by atoms with Crippen LogP contribution in [0.3, 0.4) is 0 Å². The maximum absolute atomic E-state index is 12.4. The molecule has 0 saturated carbocycles. The van der Waals surface area contributed by atoms with E-state index in [1.807, 2.05) is 31.2 Å². The first-order valence-corrected chi connectivity index (χ1v) is 9.02. The third-order valence-electron chi connectivity index (χ3n) is 3.76. The van der Waals surface area contributed by atoms with Crippen LogP contribution >= 0.6 is 0 Å². The zero-order valence-corrected chi connectivity index (χ0v) is 14.3. The molecule has 0 spiro atoms. The fourth-order valence-corrected chi connectivity index (χ4v) is 3.53. The Morgan fingerprint density at radius 2 is 1.84 bits per heavy atom. The molecular formula is C19H15N3O2S. The van der Waals surface area contributed by atoms with E-state index >= 15 is 0 Å². The minimum atomic E-state index is -3.75. The predicted molar refractivity (Wildman–Crippen MR) is 96.4 cm³/mol. The lowest BCUT2D eigenvalue weighted by Gasteiger charge is -2.10. The Hall–Kier alpha value is -3.17. The average molecular weight is 349 g/mol. The van der Waals surface area contributed by atoms with Gasteiger partial charge in [-0.3, -0.25) is 9.71 Å². The lowest BCUT2D eigenvalue weighted by molar-refractivity contribution is 0.601. The van der Waals surface area contributed by atoms with Gasteiger partial charge in [0.1, 0.15) is 0 Å². The third kappa shape index (κ3) is 3.67.